The Morgan fingerprint density at radius 3 is 2.30 bits per heavy atom. The first-order valence-electron chi connectivity index (χ1n) is 7.60. The van der Waals surface area contributed by atoms with Crippen LogP contribution >= 0.6 is 0 Å². The summed E-state index contributed by atoms with van der Waals surface area (Å²) in [7, 11) is 1.24. The number of hydrogen-bond acceptors (Lipinski definition) is 4. The van der Waals surface area contributed by atoms with Crippen molar-refractivity contribution >= 4 is 17.5 Å². The molecule has 4 heteroatoms. The Balaban J connectivity index is 2.68. The molecule has 0 saturated heterocycles. The van der Waals surface area contributed by atoms with Crippen LogP contribution in [0.1, 0.15) is 44.1 Å². The number of hydrogen-bond donors (Lipinski definition) is 0. The van der Waals surface area contributed by atoms with Crippen LogP contribution in [0.2, 0.25) is 0 Å². The van der Waals surface area contributed by atoms with Gasteiger partial charge in [-0.15, -0.1) is 6.42 Å². The summed E-state index contributed by atoms with van der Waals surface area (Å²) in [6.07, 6.45) is 6.57. The van der Waals surface area contributed by atoms with Gasteiger partial charge in [0, 0.05) is 18.8 Å². The Bertz CT molecular complexity index is 583. The van der Waals surface area contributed by atoms with E-state index in [-0.39, 0.29) is 36.7 Å². The SMILES string of the molecule is C#CC(CCC(=O)C(CCC(C)=O)C(=O)OC)c1ccccc1. The second kappa shape index (κ2) is 9.58. The molecule has 1 rings (SSSR count). The zero-order valence-electron chi connectivity index (χ0n) is 13.6. The van der Waals surface area contributed by atoms with Gasteiger partial charge in [0.15, 0.2) is 0 Å². The molecule has 0 spiro atoms. The van der Waals surface area contributed by atoms with E-state index < -0.39 is 11.9 Å². The molecule has 0 bridgehead atoms. The lowest BCUT2D eigenvalue weighted by atomic mass is 9.89. The van der Waals surface area contributed by atoms with Gasteiger partial charge >= 0.3 is 5.97 Å². The van der Waals surface area contributed by atoms with Gasteiger partial charge in [0.2, 0.25) is 0 Å². The van der Waals surface area contributed by atoms with Crippen LogP contribution in [0.3, 0.4) is 0 Å². The van der Waals surface area contributed by atoms with Crippen molar-refractivity contribution in [2.24, 2.45) is 5.92 Å². The first-order valence-corrected chi connectivity index (χ1v) is 7.60. The summed E-state index contributed by atoms with van der Waals surface area (Å²) < 4.78 is 4.67. The number of esters is 1. The molecule has 0 saturated carbocycles. The second-order valence-corrected chi connectivity index (χ2v) is 5.45. The maximum Gasteiger partial charge on any atom is 0.316 e. The number of rotatable bonds is 9. The van der Waals surface area contributed by atoms with Crippen LogP contribution in [0.5, 0.6) is 0 Å². The summed E-state index contributed by atoms with van der Waals surface area (Å²) >= 11 is 0. The number of ether oxygens (including phenoxy) is 1. The molecule has 122 valence electrons. The maximum absolute atomic E-state index is 12.3. The van der Waals surface area contributed by atoms with Crippen LogP contribution in [-0.2, 0) is 19.1 Å². The molecule has 0 N–H and O–H groups in total. The third-order valence-electron chi connectivity index (χ3n) is 3.74. The molecule has 0 aliphatic heterocycles. The molecular weight excluding hydrogens is 292 g/mol. The summed E-state index contributed by atoms with van der Waals surface area (Å²) in [6, 6.07) is 9.53. The highest BCUT2D eigenvalue weighted by Gasteiger charge is 2.27. The molecular formula is C19H22O4. The molecule has 1 aromatic carbocycles. The molecule has 0 aliphatic carbocycles. The van der Waals surface area contributed by atoms with Gasteiger partial charge in [0.1, 0.15) is 17.5 Å². The van der Waals surface area contributed by atoms with Crippen LogP contribution < -0.4 is 0 Å². The monoisotopic (exact) mass is 314 g/mol. The number of Topliss-reactive ketones (excluding diaryl/α,β-unsaturated/α-hetero) is 2. The van der Waals surface area contributed by atoms with Crippen LogP contribution in [0.15, 0.2) is 30.3 Å². The fourth-order valence-corrected chi connectivity index (χ4v) is 2.39. The van der Waals surface area contributed by atoms with Gasteiger partial charge in [-0.3, -0.25) is 9.59 Å². The third-order valence-corrected chi connectivity index (χ3v) is 3.74. The van der Waals surface area contributed by atoms with Crippen molar-refractivity contribution in [2.45, 2.75) is 38.5 Å². The summed E-state index contributed by atoms with van der Waals surface area (Å²) in [5.41, 5.74) is 0.973. The zero-order chi connectivity index (χ0) is 17.2. The third kappa shape index (κ3) is 6.07. The van der Waals surface area contributed by atoms with Gasteiger partial charge in [-0.1, -0.05) is 36.3 Å². The fraction of sp³-hybridized carbons (Fsp3) is 0.421. The average Bonchev–Trinajstić information content (AvgIpc) is 2.56. The van der Waals surface area contributed by atoms with Crippen molar-refractivity contribution in [1.82, 2.24) is 0 Å². The number of benzene rings is 1. The molecule has 4 nitrogen and oxygen atoms in total. The summed E-state index contributed by atoms with van der Waals surface area (Å²) in [5, 5.41) is 0. The minimum absolute atomic E-state index is 0.0579. The molecule has 1 aromatic rings. The number of ketones is 2. The minimum atomic E-state index is -0.891. The van der Waals surface area contributed by atoms with Crippen molar-refractivity contribution in [3.05, 3.63) is 35.9 Å². The molecule has 0 aliphatic rings. The average molecular weight is 314 g/mol. The van der Waals surface area contributed by atoms with E-state index in [0.717, 1.165) is 5.56 Å². The number of methoxy groups -OCH3 is 1. The van der Waals surface area contributed by atoms with Gasteiger partial charge in [0.25, 0.3) is 0 Å². The first kappa shape index (κ1) is 18.6. The summed E-state index contributed by atoms with van der Waals surface area (Å²) in [6.45, 7) is 1.43. The standard InChI is InChI=1S/C19H22O4/c1-4-15(16-8-6-5-7-9-16)11-13-18(21)17(19(22)23-3)12-10-14(2)20/h1,5-9,15,17H,10-13H2,2-3H3. The Morgan fingerprint density at radius 2 is 1.78 bits per heavy atom. The molecule has 0 heterocycles. The fourth-order valence-electron chi connectivity index (χ4n) is 2.39. The normalized spacial score (nSPS) is 12.7. The van der Waals surface area contributed by atoms with E-state index in [1.807, 2.05) is 30.3 Å². The minimum Gasteiger partial charge on any atom is -0.468 e. The van der Waals surface area contributed by atoms with E-state index in [2.05, 4.69) is 10.7 Å². The van der Waals surface area contributed by atoms with Crippen molar-refractivity contribution in [3.8, 4) is 12.3 Å². The van der Waals surface area contributed by atoms with Crippen molar-refractivity contribution in [3.63, 3.8) is 0 Å². The lowest BCUT2D eigenvalue weighted by molar-refractivity contribution is -0.149. The van der Waals surface area contributed by atoms with E-state index in [1.54, 1.807) is 0 Å². The second-order valence-electron chi connectivity index (χ2n) is 5.45. The molecule has 2 unspecified atom stereocenters. The van der Waals surface area contributed by atoms with Crippen molar-refractivity contribution in [2.75, 3.05) is 7.11 Å². The summed E-state index contributed by atoms with van der Waals surface area (Å²) in [5.74, 6) is 0.743. The molecule has 0 fully saturated rings. The predicted octanol–water partition coefficient (Wildman–Crippen LogP) is 2.91. The smallest absolute Gasteiger partial charge is 0.316 e. The van der Waals surface area contributed by atoms with Gasteiger partial charge in [-0.25, -0.2) is 0 Å². The Morgan fingerprint density at radius 1 is 1.13 bits per heavy atom. The highest BCUT2D eigenvalue weighted by Crippen LogP contribution is 2.22. The van der Waals surface area contributed by atoms with Gasteiger partial charge in [-0.05, 0) is 25.3 Å². The largest absolute Gasteiger partial charge is 0.468 e. The zero-order valence-corrected chi connectivity index (χ0v) is 13.6. The maximum atomic E-state index is 12.3. The van der Waals surface area contributed by atoms with E-state index >= 15 is 0 Å². The van der Waals surface area contributed by atoms with Crippen molar-refractivity contribution in [1.29, 1.82) is 0 Å². The van der Waals surface area contributed by atoms with E-state index in [0.29, 0.717) is 6.42 Å². The van der Waals surface area contributed by atoms with E-state index in [4.69, 9.17) is 6.42 Å². The van der Waals surface area contributed by atoms with Gasteiger partial charge in [0.05, 0.1) is 7.11 Å². The predicted molar refractivity (Wildman–Crippen MR) is 87.7 cm³/mol. The molecule has 0 amide bonds. The number of carbonyl (C=O) groups is 3. The molecule has 2 atom stereocenters. The highest BCUT2D eigenvalue weighted by atomic mass is 16.5. The van der Waals surface area contributed by atoms with E-state index in [1.165, 1.54) is 14.0 Å². The Labute approximate surface area is 137 Å². The topological polar surface area (TPSA) is 60.4 Å². The lowest BCUT2D eigenvalue weighted by Crippen LogP contribution is -2.26. The van der Waals surface area contributed by atoms with Crippen LogP contribution in [0.4, 0.5) is 0 Å². The van der Waals surface area contributed by atoms with Crippen LogP contribution in [-0.4, -0.2) is 24.6 Å². The molecule has 0 aromatic heterocycles. The van der Waals surface area contributed by atoms with Crippen LogP contribution in [0, 0.1) is 18.3 Å². The lowest BCUT2D eigenvalue weighted by Gasteiger charge is -2.15. The van der Waals surface area contributed by atoms with Crippen LogP contribution in [0.25, 0.3) is 0 Å². The van der Waals surface area contributed by atoms with Crippen molar-refractivity contribution < 1.29 is 19.1 Å². The Kier molecular flexibility index (Phi) is 7.76. The molecule has 0 radical (unpaired) electrons. The molecule has 23 heavy (non-hydrogen) atoms. The first-order chi connectivity index (χ1) is 11.0. The quantitative estimate of drug-likeness (QED) is 0.399. The van der Waals surface area contributed by atoms with E-state index in [9.17, 15) is 14.4 Å². The highest BCUT2D eigenvalue weighted by molar-refractivity contribution is 5.99. The van der Waals surface area contributed by atoms with Gasteiger partial charge < -0.3 is 9.53 Å². The summed E-state index contributed by atoms with van der Waals surface area (Å²) in [4.78, 5) is 35.2. The number of terminal acetylenes is 1. The Hall–Kier alpha value is -2.41. The van der Waals surface area contributed by atoms with Gasteiger partial charge in [-0.2, -0.15) is 0 Å². The number of carbonyl (C=O) groups excluding carboxylic acids is 3.